The van der Waals surface area contributed by atoms with Crippen molar-refractivity contribution < 1.29 is 4.79 Å². The molecule has 3 nitrogen and oxygen atoms in total. The summed E-state index contributed by atoms with van der Waals surface area (Å²) in [6.07, 6.45) is 9.83. The van der Waals surface area contributed by atoms with Crippen LogP contribution in [0.3, 0.4) is 0 Å². The number of hydrogen-bond acceptors (Lipinski definition) is 1. The van der Waals surface area contributed by atoms with Crippen molar-refractivity contribution in [2.45, 2.75) is 45.4 Å². The van der Waals surface area contributed by atoms with Gasteiger partial charge in [-0.05, 0) is 68.4 Å². The number of H-pyrrole nitrogens is 1. The molecule has 0 unspecified atom stereocenters. The Morgan fingerprint density at radius 2 is 2.00 bits per heavy atom. The first-order chi connectivity index (χ1) is 10.7. The van der Waals surface area contributed by atoms with Gasteiger partial charge in [-0.25, -0.2) is 0 Å². The summed E-state index contributed by atoms with van der Waals surface area (Å²) in [6, 6.07) is 6.11. The molecule has 1 aromatic heterocycles. The predicted molar refractivity (Wildman–Crippen MR) is 89.0 cm³/mol. The maximum absolute atomic E-state index is 12.7. The number of aromatic amines is 1. The van der Waals surface area contributed by atoms with Crippen LogP contribution in [-0.4, -0.2) is 17.4 Å². The quantitative estimate of drug-likeness (QED) is 0.877. The number of nitrogens with one attached hydrogen (secondary N) is 2. The molecule has 0 spiro atoms. The first kappa shape index (κ1) is 13.9. The van der Waals surface area contributed by atoms with Gasteiger partial charge in [-0.2, -0.15) is 0 Å². The van der Waals surface area contributed by atoms with Crippen LogP contribution in [0.5, 0.6) is 0 Å². The van der Waals surface area contributed by atoms with E-state index in [2.05, 4.69) is 23.3 Å². The van der Waals surface area contributed by atoms with Crippen molar-refractivity contribution in [3.05, 3.63) is 35.5 Å². The standard InChI is InChI=1S/C19H24N2O/c1-13-3-2-4-16-17(13)15(11-20-16)18(22)21-12-19-8-5-14(6-9-19)7-10-19/h2-4,11,14,20H,5-10,12H2,1H3,(H,21,22). The van der Waals surface area contributed by atoms with Crippen molar-refractivity contribution in [1.82, 2.24) is 10.3 Å². The Hall–Kier alpha value is -1.77. The zero-order chi connectivity index (χ0) is 15.2. The first-order valence-corrected chi connectivity index (χ1v) is 8.52. The highest BCUT2D eigenvalue weighted by Crippen LogP contribution is 2.49. The predicted octanol–water partition coefficient (Wildman–Crippen LogP) is 4.18. The molecule has 116 valence electrons. The summed E-state index contributed by atoms with van der Waals surface area (Å²) in [5.74, 6) is 1.04. The van der Waals surface area contributed by atoms with E-state index in [4.69, 9.17) is 0 Å². The van der Waals surface area contributed by atoms with Crippen LogP contribution in [0, 0.1) is 18.3 Å². The molecular formula is C19H24N2O. The second kappa shape index (κ2) is 5.15. The Kier molecular flexibility index (Phi) is 3.24. The van der Waals surface area contributed by atoms with Gasteiger partial charge in [0.05, 0.1) is 5.56 Å². The number of carbonyl (C=O) groups excluding carboxylic acids is 1. The van der Waals surface area contributed by atoms with Gasteiger partial charge in [-0.1, -0.05) is 12.1 Å². The van der Waals surface area contributed by atoms with Crippen LogP contribution in [0.25, 0.3) is 10.9 Å². The van der Waals surface area contributed by atoms with Crippen LogP contribution in [0.4, 0.5) is 0 Å². The van der Waals surface area contributed by atoms with Gasteiger partial charge in [0.2, 0.25) is 0 Å². The van der Waals surface area contributed by atoms with Crippen LogP contribution in [0.1, 0.15) is 54.4 Å². The molecule has 3 fully saturated rings. The van der Waals surface area contributed by atoms with Gasteiger partial charge in [0.1, 0.15) is 0 Å². The van der Waals surface area contributed by atoms with Crippen molar-refractivity contribution in [2.75, 3.05) is 6.54 Å². The molecule has 3 aliphatic carbocycles. The minimum atomic E-state index is 0.0719. The molecule has 0 aliphatic heterocycles. The highest BCUT2D eigenvalue weighted by molar-refractivity contribution is 6.07. The Morgan fingerprint density at radius 3 is 2.73 bits per heavy atom. The van der Waals surface area contributed by atoms with Crippen molar-refractivity contribution >= 4 is 16.8 Å². The molecule has 2 aromatic rings. The molecule has 1 aromatic carbocycles. The van der Waals surface area contributed by atoms with Crippen LogP contribution < -0.4 is 5.32 Å². The molecule has 22 heavy (non-hydrogen) atoms. The second-order valence-electron chi connectivity index (χ2n) is 7.36. The molecule has 3 aliphatic rings. The van der Waals surface area contributed by atoms with Crippen LogP contribution >= 0.6 is 0 Å². The summed E-state index contributed by atoms with van der Waals surface area (Å²) in [5, 5.41) is 4.29. The second-order valence-corrected chi connectivity index (χ2v) is 7.36. The van der Waals surface area contributed by atoms with Crippen LogP contribution in [-0.2, 0) is 0 Å². The summed E-state index contributed by atoms with van der Waals surface area (Å²) in [4.78, 5) is 15.9. The van der Waals surface area contributed by atoms with Crippen molar-refractivity contribution in [1.29, 1.82) is 0 Å². The Balaban J connectivity index is 1.52. The van der Waals surface area contributed by atoms with E-state index in [9.17, 15) is 4.79 Å². The lowest BCUT2D eigenvalue weighted by atomic mass is 9.61. The third-order valence-electron chi connectivity index (χ3n) is 6.03. The highest BCUT2D eigenvalue weighted by atomic mass is 16.1. The molecule has 1 heterocycles. The SMILES string of the molecule is Cc1cccc2[nH]cc(C(=O)NCC34CCC(CC3)CC4)c12. The maximum Gasteiger partial charge on any atom is 0.253 e. The van der Waals surface area contributed by atoms with E-state index >= 15 is 0 Å². The molecule has 1 amide bonds. The number of carbonyl (C=O) groups is 1. The lowest BCUT2D eigenvalue weighted by Crippen LogP contribution is -2.43. The largest absolute Gasteiger partial charge is 0.360 e. The van der Waals surface area contributed by atoms with E-state index in [0.29, 0.717) is 5.41 Å². The normalized spacial score (nSPS) is 27.2. The maximum atomic E-state index is 12.7. The summed E-state index contributed by atoms with van der Waals surface area (Å²) >= 11 is 0. The summed E-state index contributed by atoms with van der Waals surface area (Å²) in [7, 11) is 0. The molecule has 2 bridgehead atoms. The Morgan fingerprint density at radius 1 is 1.27 bits per heavy atom. The topological polar surface area (TPSA) is 44.9 Å². The van der Waals surface area contributed by atoms with Gasteiger partial charge < -0.3 is 10.3 Å². The molecule has 5 rings (SSSR count). The number of benzene rings is 1. The van der Waals surface area contributed by atoms with E-state index in [1.807, 2.05) is 18.3 Å². The van der Waals surface area contributed by atoms with E-state index < -0.39 is 0 Å². The fourth-order valence-electron chi connectivity index (χ4n) is 4.51. The lowest BCUT2D eigenvalue weighted by Gasteiger charge is -2.46. The fraction of sp³-hybridized carbons (Fsp3) is 0.526. The average molecular weight is 296 g/mol. The van der Waals surface area contributed by atoms with Gasteiger partial charge in [-0.15, -0.1) is 0 Å². The fourth-order valence-corrected chi connectivity index (χ4v) is 4.51. The smallest absolute Gasteiger partial charge is 0.253 e. The number of fused-ring (bicyclic) bond motifs is 4. The third-order valence-corrected chi connectivity index (χ3v) is 6.03. The zero-order valence-corrected chi connectivity index (χ0v) is 13.2. The summed E-state index contributed by atoms with van der Waals surface area (Å²) in [6.45, 7) is 2.91. The van der Waals surface area contributed by atoms with Gasteiger partial charge in [0.25, 0.3) is 5.91 Å². The Labute approximate surface area is 131 Å². The van der Waals surface area contributed by atoms with Gasteiger partial charge in [0, 0.05) is 23.6 Å². The minimum Gasteiger partial charge on any atom is -0.360 e. The van der Waals surface area contributed by atoms with Gasteiger partial charge in [0.15, 0.2) is 0 Å². The Bertz CT molecular complexity index is 694. The number of hydrogen-bond donors (Lipinski definition) is 2. The van der Waals surface area contributed by atoms with E-state index in [1.54, 1.807) is 0 Å². The van der Waals surface area contributed by atoms with Crippen molar-refractivity contribution in [3.63, 3.8) is 0 Å². The molecule has 0 atom stereocenters. The molecule has 3 saturated carbocycles. The van der Waals surface area contributed by atoms with E-state index in [1.165, 1.54) is 38.5 Å². The van der Waals surface area contributed by atoms with Crippen LogP contribution in [0.2, 0.25) is 0 Å². The van der Waals surface area contributed by atoms with Gasteiger partial charge in [-0.3, -0.25) is 4.79 Å². The third kappa shape index (κ3) is 2.23. The van der Waals surface area contributed by atoms with Crippen LogP contribution in [0.15, 0.2) is 24.4 Å². The molecular weight excluding hydrogens is 272 g/mol. The van der Waals surface area contributed by atoms with E-state index in [-0.39, 0.29) is 5.91 Å². The minimum absolute atomic E-state index is 0.0719. The van der Waals surface area contributed by atoms with Crippen molar-refractivity contribution in [2.24, 2.45) is 11.3 Å². The van der Waals surface area contributed by atoms with Gasteiger partial charge >= 0.3 is 0 Å². The average Bonchev–Trinajstić information content (AvgIpc) is 3.00. The highest BCUT2D eigenvalue weighted by Gasteiger charge is 2.40. The lowest BCUT2D eigenvalue weighted by molar-refractivity contribution is 0.0598. The molecule has 2 N–H and O–H groups in total. The number of aryl methyl sites for hydroxylation is 1. The van der Waals surface area contributed by atoms with Crippen molar-refractivity contribution in [3.8, 4) is 0 Å². The van der Waals surface area contributed by atoms with E-state index in [0.717, 1.165) is 34.5 Å². The number of rotatable bonds is 3. The first-order valence-electron chi connectivity index (χ1n) is 8.52. The monoisotopic (exact) mass is 296 g/mol. The summed E-state index contributed by atoms with van der Waals surface area (Å²) < 4.78 is 0. The number of amides is 1. The number of aromatic nitrogens is 1. The molecule has 0 radical (unpaired) electrons. The zero-order valence-electron chi connectivity index (χ0n) is 13.2. The molecule has 0 saturated heterocycles. The summed E-state index contributed by atoms with van der Waals surface area (Å²) in [5.41, 5.74) is 3.36. The molecule has 3 heteroatoms.